The van der Waals surface area contributed by atoms with Gasteiger partial charge in [-0.3, -0.25) is 28.9 Å². The van der Waals surface area contributed by atoms with Crippen LogP contribution in [-0.4, -0.2) is 133 Å². The van der Waals surface area contributed by atoms with Crippen molar-refractivity contribution < 1.29 is 38.2 Å². The first kappa shape index (κ1) is 41.1. The molecule has 7 rings (SSSR count). The predicted molar refractivity (Wildman–Crippen MR) is 222 cm³/mol. The Morgan fingerprint density at radius 3 is 2.41 bits per heavy atom. The highest BCUT2D eigenvalue weighted by atomic mass is 35.5. The van der Waals surface area contributed by atoms with Crippen LogP contribution in [0.2, 0.25) is 0 Å². The second kappa shape index (κ2) is 18.2. The molecule has 3 aliphatic heterocycles. The number of imide groups is 1. The molecule has 3 N–H and O–H groups in total. The minimum absolute atomic E-state index is 0.0000657. The summed E-state index contributed by atoms with van der Waals surface area (Å²) >= 11 is 6.51. The van der Waals surface area contributed by atoms with E-state index in [2.05, 4.69) is 25.7 Å². The maximum atomic E-state index is 14.3. The number of aromatic nitrogens is 1. The number of carbonyl (C=O) groups is 6. The van der Waals surface area contributed by atoms with Crippen molar-refractivity contribution in [3.8, 4) is 5.75 Å². The summed E-state index contributed by atoms with van der Waals surface area (Å²) in [4.78, 5) is 85.0. The van der Waals surface area contributed by atoms with E-state index in [0.717, 1.165) is 50.8 Å². The zero-order valence-electron chi connectivity index (χ0n) is 32.8. The SMILES string of the molecule is CC(=NNC(=O)CCOCCNC(=O)CCN1C(=O)C=CC1=O)c1ccc2[nH]c(C(=O)N3C[C@@H](CCl)c4c3cc(OC(=O)N3CCN(C)CC3)c3ccccc43)cc2c1. The minimum Gasteiger partial charge on any atom is -0.409 e. The van der Waals surface area contributed by atoms with E-state index in [4.69, 9.17) is 21.1 Å². The number of rotatable bonds is 14. The van der Waals surface area contributed by atoms with Gasteiger partial charge in [0.1, 0.15) is 11.4 Å². The molecule has 6 amide bonds. The zero-order valence-corrected chi connectivity index (χ0v) is 33.5. The summed E-state index contributed by atoms with van der Waals surface area (Å²) in [5, 5.41) is 9.33. The number of hydrazone groups is 1. The Kier molecular flexibility index (Phi) is 12.7. The van der Waals surface area contributed by atoms with Crippen LogP contribution in [0.5, 0.6) is 5.75 Å². The molecule has 59 heavy (non-hydrogen) atoms. The topological polar surface area (TPSA) is 186 Å². The van der Waals surface area contributed by atoms with Gasteiger partial charge in [0, 0.05) is 98.5 Å². The number of nitrogens with one attached hydrogen (secondary N) is 3. The van der Waals surface area contributed by atoms with Gasteiger partial charge in [-0.25, -0.2) is 10.2 Å². The lowest BCUT2D eigenvalue weighted by atomic mass is 9.95. The normalized spacial score (nSPS) is 17.0. The number of ether oxygens (including phenoxy) is 2. The number of hydrogen-bond donors (Lipinski definition) is 3. The molecule has 3 aromatic carbocycles. The molecule has 0 spiro atoms. The Morgan fingerprint density at radius 1 is 0.915 bits per heavy atom. The molecule has 1 fully saturated rings. The van der Waals surface area contributed by atoms with E-state index in [-0.39, 0.29) is 62.8 Å². The number of piperazine rings is 1. The van der Waals surface area contributed by atoms with Crippen molar-refractivity contribution in [2.75, 3.05) is 76.9 Å². The number of fused-ring (bicyclic) bond motifs is 4. The van der Waals surface area contributed by atoms with Crippen LogP contribution < -0.4 is 20.4 Å². The molecule has 308 valence electrons. The van der Waals surface area contributed by atoms with Gasteiger partial charge in [-0.2, -0.15) is 5.10 Å². The van der Waals surface area contributed by atoms with E-state index >= 15 is 0 Å². The van der Waals surface area contributed by atoms with Crippen molar-refractivity contribution in [3.05, 3.63) is 83.6 Å². The zero-order chi connectivity index (χ0) is 41.6. The van der Waals surface area contributed by atoms with E-state index < -0.39 is 17.9 Å². The Bertz CT molecular complexity index is 2350. The fraction of sp³-hybridized carbons (Fsp3) is 0.357. The number of alkyl halides is 1. The quantitative estimate of drug-likeness (QED) is 0.0561. The highest BCUT2D eigenvalue weighted by Crippen LogP contribution is 2.46. The summed E-state index contributed by atoms with van der Waals surface area (Å²) in [6, 6.07) is 16.8. The van der Waals surface area contributed by atoms with E-state index in [0.29, 0.717) is 48.4 Å². The first-order valence-corrected chi connectivity index (χ1v) is 20.0. The Labute approximate surface area is 345 Å². The van der Waals surface area contributed by atoms with E-state index in [1.165, 1.54) is 12.2 Å². The lowest BCUT2D eigenvalue weighted by molar-refractivity contribution is -0.137. The predicted octanol–water partition coefficient (Wildman–Crippen LogP) is 3.73. The number of halogens is 1. The van der Waals surface area contributed by atoms with Crippen LogP contribution >= 0.6 is 11.6 Å². The van der Waals surface area contributed by atoms with E-state index in [1.807, 2.05) is 49.5 Å². The molecule has 16 nitrogen and oxygen atoms in total. The summed E-state index contributed by atoms with van der Waals surface area (Å²) in [6.07, 6.45) is 1.94. The molecular formula is C42H45ClN8O8. The molecule has 0 bridgehead atoms. The number of carbonyl (C=O) groups excluding carboxylic acids is 6. The number of nitrogens with zero attached hydrogens (tertiary/aromatic N) is 5. The van der Waals surface area contributed by atoms with Crippen LogP contribution in [0.3, 0.4) is 0 Å². The first-order chi connectivity index (χ1) is 28.5. The van der Waals surface area contributed by atoms with Gasteiger partial charge < -0.3 is 34.5 Å². The fourth-order valence-corrected chi connectivity index (χ4v) is 7.58. The summed E-state index contributed by atoms with van der Waals surface area (Å²) in [7, 11) is 2.02. The van der Waals surface area contributed by atoms with Gasteiger partial charge in [-0.15, -0.1) is 11.6 Å². The molecule has 17 heteroatoms. The molecule has 0 radical (unpaired) electrons. The van der Waals surface area contributed by atoms with Crippen molar-refractivity contribution in [3.63, 3.8) is 0 Å². The molecule has 1 aromatic heterocycles. The van der Waals surface area contributed by atoms with E-state index in [1.54, 1.807) is 28.9 Å². The number of likely N-dealkylation sites (N-methyl/N-ethyl adjacent to an activating group) is 1. The van der Waals surface area contributed by atoms with Gasteiger partial charge in [0.05, 0.1) is 31.0 Å². The summed E-state index contributed by atoms with van der Waals surface area (Å²) in [5.41, 5.74) is 6.53. The monoisotopic (exact) mass is 824 g/mol. The summed E-state index contributed by atoms with van der Waals surface area (Å²) in [5.74, 6) is -1.26. The average Bonchev–Trinajstić information content (AvgIpc) is 3.94. The van der Waals surface area contributed by atoms with Gasteiger partial charge in [0.15, 0.2) is 0 Å². The van der Waals surface area contributed by atoms with Crippen molar-refractivity contribution in [2.45, 2.75) is 25.7 Å². The molecule has 1 atom stereocenters. The van der Waals surface area contributed by atoms with Gasteiger partial charge >= 0.3 is 6.09 Å². The van der Waals surface area contributed by atoms with Gasteiger partial charge in [0.25, 0.3) is 17.7 Å². The van der Waals surface area contributed by atoms with Crippen LogP contribution in [0.15, 0.2) is 71.9 Å². The van der Waals surface area contributed by atoms with Crippen LogP contribution in [0.25, 0.3) is 21.7 Å². The maximum absolute atomic E-state index is 14.3. The number of anilines is 1. The van der Waals surface area contributed by atoms with Gasteiger partial charge in [0.2, 0.25) is 11.8 Å². The van der Waals surface area contributed by atoms with Gasteiger partial charge in [-0.05, 0) is 48.7 Å². The average molecular weight is 825 g/mol. The third-order valence-corrected chi connectivity index (χ3v) is 11.0. The number of benzene rings is 3. The van der Waals surface area contributed by atoms with Crippen LogP contribution in [0.1, 0.15) is 47.3 Å². The first-order valence-electron chi connectivity index (χ1n) is 19.4. The molecular weight excluding hydrogens is 780 g/mol. The standard InChI is InChI=1S/C42H45ClN8O8/c1-26(46-47-37(53)12-19-58-20-13-44-36(52)11-14-50-38(54)9-10-39(50)55)27-7-8-32-28(21-27)22-33(45-32)41(56)51-25-29(24-43)40-31-6-4-3-5-30(31)35(23-34(40)51)59-42(57)49-17-15-48(2)16-18-49/h3-10,21-23,29,45H,11-20,24-25H2,1-2H3,(H,44,52)(H,47,53)/t29-/m1/s1. The van der Waals surface area contributed by atoms with Crippen molar-refractivity contribution in [1.29, 1.82) is 0 Å². The number of aromatic amines is 1. The highest BCUT2D eigenvalue weighted by Gasteiger charge is 2.36. The molecule has 0 unspecified atom stereocenters. The maximum Gasteiger partial charge on any atom is 0.415 e. The molecule has 1 saturated heterocycles. The third-order valence-electron chi connectivity index (χ3n) is 10.6. The Balaban J connectivity index is 0.947. The summed E-state index contributed by atoms with van der Waals surface area (Å²) < 4.78 is 11.5. The van der Waals surface area contributed by atoms with Gasteiger partial charge in [-0.1, -0.05) is 30.3 Å². The minimum atomic E-state index is -0.437. The number of amides is 6. The summed E-state index contributed by atoms with van der Waals surface area (Å²) in [6.45, 7) is 5.26. The van der Waals surface area contributed by atoms with Crippen molar-refractivity contribution in [1.82, 2.24) is 30.4 Å². The Hall–Kier alpha value is -6.10. The van der Waals surface area contributed by atoms with Crippen molar-refractivity contribution in [2.24, 2.45) is 5.10 Å². The van der Waals surface area contributed by atoms with Crippen molar-refractivity contribution >= 4 is 80.3 Å². The van der Waals surface area contributed by atoms with Crippen LogP contribution in [0.4, 0.5) is 10.5 Å². The second-order valence-corrected chi connectivity index (χ2v) is 14.9. The van der Waals surface area contributed by atoms with Crippen LogP contribution in [-0.2, 0) is 23.9 Å². The van der Waals surface area contributed by atoms with Crippen LogP contribution in [0, 0.1) is 0 Å². The lowest BCUT2D eigenvalue weighted by Gasteiger charge is -2.31. The third kappa shape index (κ3) is 9.30. The highest BCUT2D eigenvalue weighted by molar-refractivity contribution is 6.19. The molecule has 4 aromatic rings. The van der Waals surface area contributed by atoms with E-state index in [9.17, 15) is 28.8 Å². The lowest BCUT2D eigenvalue weighted by Crippen LogP contribution is -2.48. The fourth-order valence-electron chi connectivity index (χ4n) is 7.33. The number of H-pyrrole nitrogens is 1. The largest absolute Gasteiger partial charge is 0.415 e. The molecule has 0 saturated carbocycles. The Morgan fingerprint density at radius 2 is 1.66 bits per heavy atom. The second-order valence-electron chi connectivity index (χ2n) is 14.6. The number of hydrogen-bond acceptors (Lipinski definition) is 10. The smallest absolute Gasteiger partial charge is 0.409 e. The molecule has 3 aliphatic rings. The molecule has 4 heterocycles. The molecule has 0 aliphatic carbocycles.